The summed E-state index contributed by atoms with van der Waals surface area (Å²) in [5, 5.41) is 7.59. The molecule has 3 fully saturated rings. The van der Waals surface area contributed by atoms with Crippen molar-refractivity contribution in [3.63, 3.8) is 0 Å². The van der Waals surface area contributed by atoms with Gasteiger partial charge in [-0.2, -0.15) is 5.10 Å². The molecule has 1 amide bonds. The molecule has 3 aromatic rings. The lowest BCUT2D eigenvalue weighted by Gasteiger charge is -2.19. The minimum absolute atomic E-state index is 0.0481. The Kier molecular flexibility index (Phi) is 4.04. The molecule has 5 atom stereocenters. The van der Waals surface area contributed by atoms with Crippen molar-refractivity contribution in [1.82, 2.24) is 19.3 Å². The minimum atomic E-state index is -0.871. The zero-order valence-corrected chi connectivity index (χ0v) is 17.6. The third-order valence-electron chi connectivity index (χ3n) is 7.63. The number of anilines is 1. The molecule has 6 nitrogen and oxygen atoms in total. The fraction of sp³-hybridized carbons (Fsp3) is 0.522. The Labute approximate surface area is 178 Å². The van der Waals surface area contributed by atoms with Crippen molar-refractivity contribution in [2.75, 3.05) is 5.32 Å². The smallest absolute Gasteiger partial charge is 0.228 e. The van der Waals surface area contributed by atoms with Gasteiger partial charge in [0.15, 0.2) is 11.6 Å². The molecule has 0 saturated heterocycles. The number of imidazole rings is 1. The standard InChI is InChI=1S/C23H25F2N5O/c1-11(23(31)27-21-9-18(12-3-4-12)28-29(21)2)22-14-5-13(6-15(14)22)30-10-26-19-7-16(24)17(25)8-20(19)30/h7-15,22H,3-6H2,1-2H3,(H,27,31)/t11?,13?,14-,15+,22?. The first-order chi connectivity index (χ1) is 14.9. The fourth-order valence-corrected chi connectivity index (χ4v) is 5.75. The number of benzene rings is 1. The predicted octanol–water partition coefficient (Wildman–Crippen LogP) is 4.40. The van der Waals surface area contributed by atoms with E-state index in [1.165, 1.54) is 18.9 Å². The van der Waals surface area contributed by atoms with E-state index in [0.717, 1.165) is 30.4 Å². The molecule has 1 N–H and O–H groups in total. The maximum atomic E-state index is 13.7. The topological polar surface area (TPSA) is 64.7 Å². The van der Waals surface area contributed by atoms with Crippen molar-refractivity contribution in [1.29, 1.82) is 0 Å². The van der Waals surface area contributed by atoms with Crippen LogP contribution in [0.15, 0.2) is 24.5 Å². The Morgan fingerprint density at radius 1 is 1.16 bits per heavy atom. The molecule has 3 saturated carbocycles. The maximum Gasteiger partial charge on any atom is 0.228 e. The van der Waals surface area contributed by atoms with Crippen LogP contribution in [-0.2, 0) is 11.8 Å². The van der Waals surface area contributed by atoms with Crippen LogP contribution in [0.3, 0.4) is 0 Å². The molecule has 0 radical (unpaired) electrons. The normalized spacial score (nSPS) is 28.0. The summed E-state index contributed by atoms with van der Waals surface area (Å²) in [7, 11) is 1.87. The van der Waals surface area contributed by atoms with Crippen LogP contribution in [0, 0.1) is 35.3 Å². The molecule has 3 aliphatic rings. The first-order valence-electron chi connectivity index (χ1n) is 11.1. The van der Waals surface area contributed by atoms with Crippen LogP contribution in [-0.4, -0.2) is 25.2 Å². The van der Waals surface area contributed by atoms with Crippen LogP contribution < -0.4 is 5.32 Å². The first-order valence-corrected chi connectivity index (χ1v) is 11.1. The highest BCUT2D eigenvalue weighted by atomic mass is 19.2. The van der Waals surface area contributed by atoms with Gasteiger partial charge in [-0.3, -0.25) is 9.48 Å². The van der Waals surface area contributed by atoms with Crippen LogP contribution in [0.4, 0.5) is 14.6 Å². The van der Waals surface area contributed by atoms with Gasteiger partial charge < -0.3 is 9.88 Å². The predicted molar refractivity (Wildman–Crippen MR) is 111 cm³/mol. The molecule has 162 valence electrons. The van der Waals surface area contributed by atoms with Gasteiger partial charge in [0.1, 0.15) is 5.82 Å². The van der Waals surface area contributed by atoms with Crippen molar-refractivity contribution in [3.8, 4) is 0 Å². The molecule has 2 heterocycles. The number of nitrogens with zero attached hydrogens (tertiary/aromatic N) is 4. The Hall–Kier alpha value is -2.77. The first kappa shape index (κ1) is 19.0. The van der Waals surface area contributed by atoms with E-state index in [2.05, 4.69) is 15.4 Å². The van der Waals surface area contributed by atoms with Crippen LogP contribution in [0.5, 0.6) is 0 Å². The average Bonchev–Trinajstić information content (AvgIpc) is 3.57. The molecule has 8 heteroatoms. The van der Waals surface area contributed by atoms with Crippen molar-refractivity contribution >= 4 is 22.8 Å². The van der Waals surface area contributed by atoms with E-state index in [1.54, 1.807) is 11.0 Å². The Bertz CT molecular complexity index is 1180. The van der Waals surface area contributed by atoms with Gasteiger partial charge in [0, 0.05) is 43.1 Å². The number of aromatic nitrogens is 4. The van der Waals surface area contributed by atoms with E-state index >= 15 is 0 Å². The van der Waals surface area contributed by atoms with Gasteiger partial charge in [0.2, 0.25) is 5.91 Å². The van der Waals surface area contributed by atoms with E-state index in [9.17, 15) is 13.6 Å². The van der Waals surface area contributed by atoms with Gasteiger partial charge in [0.25, 0.3) is 0 Å². The SMILES string of the molecule is CC(C(=O)Nc1cc(C2CC2)nn1C)C1[C@H]2CC(n3cnc4cc(F)c(F)cc43)C[C@@H]12. The van der Waals surface area contributed by atoms with Crippen molar-refractivity contribution < 1.29 is 13.6 Å². The lowest BCUT2D eigenvalue weighted by molar-refractivity contribution is -0.120. The number of hydrogen-bond acceptors (Lipinski definition) is 3. The molecule has 31 heavy (non-hydrogen) atoms. The summed E-state index contributed by atoms with van der Waals surface area (Å²) in [6.45, 7) is 2.01. The zero-order valence-electron chi connectivity index (χ0n) is 17.6. The number of hydrogen-bond donors (Lipinski definition) is 1. The van der Waals surface area contributed by atoms with Gasteiger partial charge in [0.05, 0.1) is 23.1 Å². The Morgan fingerprint density at radius 2 is 1.87 bits per heavy atom. The molecule has 3 aliphatic carbocycles. The number of carbonyl (C=O) groups is 1. The quantitative estimate of drug-likeness (QED) is 0.659. The lowest BCUT2D eigenvalue weighted by atomic mass is 9.96. The van der Waals surface area contributed by atoms with Crippen LogP contribution in [0.2, 0.25) is 0 Å². The largest absolute Gasteiger partial charge is 0.327 e. The second-order valence-corrected chi connectivity index (χ2v) is 9.57. The zero-order chi connectivity index (χ0) is 21.4. The van der Waals surface area contributed by atoms with Crippen LogP contribution in [0.1, 0.15) is 50.3 Å². The molecule has 2 aromatic heterocycles. The van der Waals surface area contributed by atoms with E-state index in [-0.39, 0.29) is 17.9 Å². The molecule has 0 bridgehead atoms. The highest BCUT2D eigenvalue weighted by molar-refractivity contribution is 5.92. The Morgan fingerprint density at radius 3 is 2.58 bits per heavy atom. The highest BCUT2D eigenvalue weighted by Gasteiger charge is 2.59. The average molecular weight is 425 g/mol. The second kappa shape index (κ2) is 6.61. The summed E-state index contributed by atoms with van der Waals surface area (Å²) in [4.78, 5) is 17.1. The summed E-state index contributed by atoms with van der Waals surface area (Å²) >= 11 is 0. The number of amides is 1. The lowest BCUT2D eigenvalue weighted by Crippen LogP contribution is -2.25. The van der Waals surface area contributed by atoms with Gasteiger partial charge in [-0.1, -0.05) is 6.92 Å². The third kappa shape index (κ3) is 3.06. The summed E-state index contributed by atoms with van der Waals surface area (Å²) in [6, 6.07) is 4.60. The summed E-state index contributed by atoms with van der Waals surface area (Å²) in [6.07, 6.45) is 5.93. The summed E-state index contributed by atoms with van der Waals surface area (Å²) in [5.74, 6) is 0.929. The number of halogens is 2. The third-order valence-corrected chi connectivity index (χ3v) is 7.63. The Balaban J connectivity index is 1.11. The fourth-order valence-electron chi connectivity index (χ4n) is 5.75. The molecule has 3 unspecified atom stereocenters. The van der Waals surface area contributed by atoms with Crippen LogP contribution in [0.25, 0.3) is 11.0 Å². The van der Waals surface area contributed by atoms with E-state index in [1.807, 2.05) is 24.6 Å². The van der Waals surface area contributed by atoms with E-state index in [4.69, 9.17) is 0 Å². The van der Waals surface area contributed by atoms with Gasteiger partial charge >= 0.3 is 0 Å². The number of aryl methyl sites for hydroxylation is 1. The molecule has 1 aromatic carbocycles. The monoisotopic (exact) mass is 425 g/mol. The maximum absolute atomic E-state index is 13.7. The number of fused-ring (bicyclic) bond motifs is 2. The number of carbonyl (C=O) groups excluding carboxylic acids is 1. The summed E-state index contributed by atoms with van der Waals surface area (Å²) in [5.41, 5.74) is 2.18. The molecule has 0 aliphatic heterocycles. The van der Waals surface area contributed by atoms with Gasteiger partial charge in [-0.05, 0) is 43.4 Å². The molecule has 0 spiro atoms. The molecular weight excluding hydrogens is 400 g/mol. The molecule has 6 rings (SSSR count). The van der Waals surface area contributed by atoms with Crippen molar-refractivity contribution in [3.05, 3.63) is 41.9 Å². The van der Waals surface area contributed by atoms with Gasteiger partial charge in [-0.25, -0.2) is 13.8 Å². The van der Waals surface area contributed by atoms with Crippen LogP contribution >= 0.6 is 0 Å². The van der Waals surface area contributed by atoms with E-state index < -0.39 is 11.6 Å². The van der Waals surface area contributed by atoms with Crippen molar-refractivity contribution in [2.24, 2.45) is 30.7 Å². The number of rotatable bonds is 5. The molecular formula is C23H25F2N5O. The summed E-state index contributed by atoms with van der Waals surface area (Å²) < 4.78 is 30.9. The van der Waals surface area contributed by atoms with Gasteiger partial charge in [-0.15, -0.1) is 0 Å². The number of nitrogens with one attached hydrogen (secondary N) is 1. The van der Waals surface area contributed by atoms with Crippen molar-refractivity contribution in [2.45, 2.75) is 44.6 Å². The second-order valence-electron chi connectivity index (χ2n) is 9.57. The highest BCUT2D eigenvalue weighted by Crippen LogP contribution is 2.64. The van der Waals surface area contributed by atoms with E-state index in [0.29, 0.717) is 34.7 Å². The minimum Gasteiger partial charge on any atom is -0.327 e.